The number of methoxy groups -OCH3 is 1. The first-order valence-electron chi connectivity index (χ1n) is 5.65. The van der Waals surface area contributed by atoms with Gasteiger partial charge in [0, 0.05) is 19.7 Å². The van der Waals surface area contributed by atoms with Gasteiger partial charge in [0.2, 0.25) is 5.91 Å². The van der Waals surface area contributed by atoms with Crippen molar-refractivity contribution in [1.29, 1.82) is 0 Å². The lowest BCUT2D eigenvalue weighted by Crippen LogP contribution is -2.37. The van der Waals surface area contributed by atoms with Gasteiger partial charge >= 0.3 is 0 Å². The van der Waals surface area contributed by atoms with E-state index in [0.717, 1.165) is 17.1 Å². The van der Waals surface area contributed by atoms with Crippen LogP contribution < -0.4 is 15.0 Å². The number of benzene rings is 1. The normalized spacial score (nSPS) is 18.1. The van der Waals surface area contributed by atoms with Gasteiger partial charge in [-0.05, 0) is 26.0 Å². The van der Waals surface area contributed by atoms with Crippen molar-refractivity contribution >= 4 is 17.3 Å². The Morgan fingerprint density at radius 2 is 2.12 bits per heavy atom. The second kappa shape index (κ2) is 3.95. The highest BCUT2D eigenvalue weighted by molar-refractivity contribution is 5.99. The minimum atomic E-state index is -0.402. The Morgan fingerprint density at radius 1 is 1.41 bits per heavy atom. The van der Waals surface area contributed by atoms with Crippen LogP contribution in [0.5, 0.6) is 5.75 Å². The standard InChI is InChI=1S/C13H18N2O2/c1-13(2)8-15(3)11-7-9(17-4)5-6-10(11)14-12(13)16/h5-7H,8H2,1-4H3,(H,14,16). The van der Waals surface area contributed by atoms with E-state index in [9.17, 15) is 4.79 Å². The Morgan fingerprint density at radius 3 is 2.76 bits per heavy atom. The third-order valence-electron chi connectivity index (χ3n) is 3.11. The summed E-state index contributed by atoms with van der Waals surface area (Å²) in [7, 11) is 3.63. The maximum atomic E-state index is 12.0. The minimum absolute atomic E-state index is 0.0493. The minimum Gasteiger partial charge on any atom is -0.497 e. The van der Waals surface area contributed by atoms with Crippen molar-refractivity contribution < 1.29 is 9.53 Å². The lowest BCUT2D eigenvalue weighted by atomic mass is 9.92. The summed E-state index contributed by atoms with van der Waals surface area (Å²) in [5, 5.41) is 2.96. The summed E-state index contributed by atoms with van der Waals surface area (Å²) in [5.74, 6) is 0.845. The van der Waals surface area contributed by atoms with Crippen molar-refractivity contribution in [3.8, 4) is 5.75 Å². The molecule has 0 unspecified atom stereocenters. The average molecular weight is 234 g/mol. The average Bonchev–Trinajstić information content (AvgIpc) is 2.35. The van der Waals surface area contributed by atoms with E-state index in [1.54, 1.807) is 7.11 Å². The first-order chi connectivity index (χ1) is 7.94. The van der Waals surface area contributed by atoms with E-state index >= 15 is 0 Å². The number of fused-ring (bicyclic) bond motifs is 1. The fraction of sp³-hybridized carbons (Fsp3) is 0.462. The number of hydrogen-bond acceptors (Lipinski definition) is 3. The second-order valence-electron chi connectivity index (χ2n) is 5.08. The molecule has 1 heterocycles. The van der Waals surface area contributed by atoms with Crippen LogP contribution in [0, 0.1) is 5.41 Å². The summed E-state index contributed by atoms with van der Waals surface area (Å²) in [6.45, 7) is 4.57. The van der Waals surface area contributed by atoms with Crippen molar-refractivity contribution in [3.05, 3.63) is 18.2 Å². The Kier molecular flexibility index (Phi) is 2.73. The van der Waals surface area contributed by atoms with Crippen molar-refractivity contribution in [2.45, 2.75) is 13.8 Å². The number of nitrogens with one attached hydrogen (secondary N) is 1. The fourth-order valence-electron chi connectivity index (χ4n) is 2.10. The second-order valence-corrected chi connectivity index (χ2v) is 5.08. The van der Waals surface area contributed by atoms with Gasteiger partial charge in [-0.3, -0.25) is 4.79 Å². The molecule has 0 aliphatic carbocycles. The van der Waals surface area contributed by atoms with E-state index in [1.165, 1.54) is 0 Å². The monoisotopic (exact) mass is 234 g/mol. The SMILES string of the molecule is COc1ccc2c(c1)N(C)CC(C)(C)C(=O)N2. The van der Waals surface area contributed by atoms with E-state index < -0.39 is 5.41 Å². The predicted octanol–water partition coefficient (Wildman–Crippen LogP) is 2.11. The third-order valence-corrected chi connectivity index (χ3v) is 3.11. The number of carbonyl (C=O) groups excluding carboxylic acids is 1. The zero-order valence-electron chi connectivity index (χ0n) is 10.7. The Hall–Kier alpha value is -1.71. The predicted molar refractivity (Wildman–Crippen MR) is 68.7 cm³/mol. The molecule has 1 aliphatic heterocycles. The third kappa shape index (κ3) is 2.07. The first kappa shape index (κ1) is 11.8. The molecule has 0 aromatic heterocycles. The van der Waals surface area contributed by atoms with Crippen molar-refractivity contribution in [2.24, 2.45) is 5.41 Å². The number of amides is 1. The molecule has 0 saturated heterocycles. The van der Waals surface area contributed by atoms with Crippen LogP contribution in [-0.2, 0) is 4.79 Å². The van der Waals surface area contributed by atoms with Gasteiger partial charge in [-0.15, -0.1) is 0 Å². The molecule has 0 spiro atoms. The molecule has 1 aromatic carbocycles. The molecule has 2 rings (SSSR count). The smallest absolute Gasteiger partial charge is 0.231 e. The van der Waals surface area contributed by atoms with Gasteiger partial charge in [-0.1, -0.05) is 0 Å². The van der Waals surface area contributed by atoms with Crippen LogP contribution in [0.15, 0.2) is 18.2 Å². The Balaban J connectivity index is 2.46. The summed E-state index contributed by atoms with van der Waals surface area (Å²) in [4.78, 5) is 14.1. The van der Waals surface area contributed by atoms with Crippen molar-refractivity contribution in [2.75, 3.05) is 30.9 Å². The lowest BCUT2D eigenvalue weighted by Gasteiger charge is -2.26. The highest BCUT2D eigenvalue weighted by atomic mass is 16.5. The molecule has 1 aliphatic rings. The van der Waals surface area contributed by atoms with Gasteiger partial charge in [0.05, 0.1) is 23.9 Å². The van der Waals surface area contributed by atoms with Crippen LogP contribution in [0.1, 0.15) is 13.8 Å². The molecule has 0 radical (unpaired) electrons. The number of rotatable bonds is 1. The molecule has 0 bridgehead atoms. The zero-order valence-corrected chi connectivity index (χ0v) is 10.7. The van der Waals surface area contributed by atoms with Crippen LogP contribution in [0.3, 0.4) is 0 Å². The molecule has 4 heteroatoms. The van der Waals surface area contributed by atoms with Gasteiger partial charge in [-0.2, -0.15) is 0 Å². The largest absolute Gasteiger partial charge is 0.497 e. The lowest BCUT2D eigenvalue weighted by molar-refractivity contribution is -0.123. The molecule has 1 aromatic rings. The summed E-state index contributed by atoms with van der Waals surface area (Å²) in [6.07, 6.45) is 0. The highest BCUT2D eigenvalue weighted by Crippen LogP contribution is 2.35. The topological polar surface area (TPSA) is 41.6 Å². The van der Waals surface area contributed by atoms with Gasteiger partial charge in [-0.25, -0.2) is 0 Å². The first-order valence-corrected chi connectivity index (χ1v) is 5.65. The summed E-state index contributed by atoms with van der Waals surface area (Å²) in [6, 6.07) is 5.67. The quantitative estimate of drug-likeness (QED) is 0.809. The van der Waals surface area contributed by atoms with Crippen molar-refractivity contribution in [3.63, 3.8) is 0 Å². The maximum absolute atomic E-state index is 12.0. The number of anilines is 2. The van der Waals surface area contributed by atoms with E-state index in [2.05, 4.69) is 10.2 Å². The van der Waals surface area contributed by atoms with Crippen LogP contribution in [0.2, 0.25) is 0 Å². The van der Waals surface area contributed by atoms with E-state index in [1.807, 2.05) is 39.1 Å². The van der Waals surface area contributed by atoms with Crippen LogP contribution in [0.4, 0.5) is 11.4 Å². The zero-order chi connectivity index (χ0) is 12.6. The van der Waals surface area contributed by atoms with Crippen LogP contribution in [-0.4, -0.2) is 26.6 Å². The van der Waals surface area contributed by atoms with Gasteiger partial charge in [0.1, 0.15) is 5.75 Å². The van der Waals surface area contributed by atoms with Crippen LogP contribution in [0.25, 0.3) is 0 Å². The maximum Gasteiger partial charge on any atom is 0.231 e. The number of ether oxygens (including phenoxy) is 1. The molecule has 1 amide bonds. The molecular weight excluding hydrogens is 216 g/mol. The number of hydrogen-bond donors (Lipinski definition) is 1. The molecule has 17 heavy (non-hydrogen) atoms. The molecule has 92 valence electrons. The highest BCUT2D eigenvalue weighted by Gasteiger charge is 2.33. The van der Waals surface area contributed by atoms with Crippen LogP contribution >= 0.6 is 0 Å². The Bertz CT molecular complexity index is 455. The summed E-state index contributed by atoms with van der Waals surface area (Å²) in [5.41, 5.74) is 1.42. The molecular formula is C13H18N2O2. The Labute approximate surface area is 102 Å². The summed E-state index contributed by atoms with van der Waals surface area (Å²) >= 11 is 0. The van der Waals surface area contributed by atoms with E-state index in [0.29, 0.717) is 6.54 Å². The number of nitrogens with zero attached hydrogens (tertiary/aromatic N) is 1. The van der Waals surface area contributed by atoms with Gasteiger partial charge in [0.25, 0.3) is 0 Å². The van der Waals surface area contributed by atoms with E-state index in [-0.39, 0.29) is 5.91 Å². The van der Waals surface area contributed by atoms with Crippen molar-refractivity contribution in [1.82, 2.24) is 0 Å². The molecule has 0 atom stereocenters. The molecule has 4 nitrogen and oxygen atoms in total. The van der Waals surface area contributed by atoms with Gasteiger partial charge < -0.3 is 15.0 Å². The fourth-order valence-corrected chi connectivity index (χ4v) is 2.10. The molecule has 0 fully saturated rings. The van der Waals surface area contributed by atoms with Gasteiger partial charge in [0.15, 0.2) is 0 Å². The summed E-state index contributed by atoms with van der Waals surface area (Å²) < 4.78 is 5.21. The number of carbonyl (C=O) groups is 1. The molecule has 0 saturated carbocycles. The van der Waals surface area contributed by atoms with E-state index in [4.69, 9.17) is 4.74 Å². The molecule has 1 N–H and O–H groups in total.